The van der Waals surface area contributed by atoms with E-state index in [0.29, 0.717) is 5.25 Å². The fraction of sp³-hybridized carbons (Fsp3) is 0.727. The Hall–Kier alpha value is -0.0600. The monoisotopic (exact) mass is 243 g/mol. The first-order valence-electron chi connectivity index (χ1n) is 5.46. The number of thioether (sulfide) groups is 1. The maximum Gasteiger partial charge on any atom is 0.0897 e. The third kappa shape index (κ3) is 3.20. The van der Waals surface area contributed by atoms with E-state index in [1.807, 2.05) is 18.7 Å². The maximum atomic E-state index is 10.1. The number of thiazole rings is 1. The smallest absolute Gasteiger partial charge is 0.0897 e. The Kier molecular flexibility index (Phi) is 4.05. The molecule has 2 heterocycles. The summed E-state index contributed by atoms with van der Waals surface area (Å²) in [6.07, 6.45) is 4.25. The lowest BCUT2D eigenvalue weighted by molar-refractivity contribution is 0.165. The summed E-state index contributed by atoms with van der Waals surface area (Å²) >= 11 is 3.59. The Labute approximate surface area is 99.1 Å². The van der Waals surface area contributed by atoms with Crippen LogP contribution in [0.1, 0.15) is 30.0 Å². The van der Waals surface area contributed by atoms with Gasteiger partial charge in [-0.1, -0.05) is 6.42 Å². The van der Waals surface area contributed by atoms with Crippen molar-refractivity contribution >= 4 is 23.1 Å². The minimum atomic E-state index is -0.211. The minimum absolute atomic E-state index is 0.211. The molecule has 1 aromatic heterocycles. The third-order valence-corrected chi connectivity index (χ3v) is 5.05. The molecular weight excluding hydrogens is 226 g/mol. The Balaban J connectivity index is 1.88. The number of aliphatic hydroxyl groups is 1. The van der Waals surface area contributed by atoms with E-state index >= 15 is 0 Å². The lowest BCUT2D eigenvalue weighted by Gasteiger charge is -2.25. The van der Waals surface area contributed by atoms with E-state index < -0.39 is 0 Å². The number of aliphatic hydroxyl groups excluding tert-OH is 1. The summed E-state index contributed by atoms with van der Waals surface area (Å²) in [5, 5.41) is 13.7. The molecular formula is C11H17NOS2. The van der Waals surface area contributed by atoms with E-state index in [-0.39, 0.29) is 6.10 Å². The summed E-state index contributed by atoms with van der Waals surface area (Å²) in [5.41, 5.74) is 1.05. The van der Waals surface area contributed by atoms with Gasteiger partial charge in [-0.25, -0.2) is 4.98 Å². The minimum Gasteiger partial charge on any atom is -0.392 e. The van der Waals surface area contributed by atoms with E-state index in [1.165, 1.54) is 18.6 Å². The molecule has 0 bridgehead atoms. The molecule has 4 heteroatoms. The van der Waals surface area contributed by atoms with Gasteiger partial charge in [-0.2, -0.15) is 11.8 Å². The number of hydrogen-bond acceptors (Lipinski definition) is 4. The van der Waals surface area contributed by atoms with E-state index in [0.717, 1.165) is 23.5 Å². The molecule has 0 radical (unpaired) electrons. The topological polar surface area (TPSA) is 33.1 Å². The van der Waals surface area contributed by atoms with Gasteiger partial charge in [-0.3, -0.25) is 0 Å². The molecule has 0 amide bonds. The molecule has 1 aliphatic heterocycles. The number of nitrogens with zero attached hydrogens (tertiary/aromatic N) is 1. The van der Waals surface area contributed by atoms with Gasteiger partial charge in [0, 0.05) is 17.1 Å². The normalized spacial score (nSPS) is 24.0. The third-order valence-electron chi connectivity index (χ3n) is 2.73. The maximum absolute atomic E-state index is 10.1. The molecule has 1 aromatic rings. The van der Waals surface area contributed by atoms with Crippen LogP contribution in [0.25, 0.3) is 0 Å². The fourth-order valence-corrected chi connectivity index (χ4v) is 3.87. The zero-order valence-corrected chi connectivity index (χ0v) is 10.6. The molecule has 84 valence electrons. The van der Waals surface area contributed by atoms with Gasteiger partial charge in [0.25, 0.3) is 0 Å². The summed E-state index contributed by atoms with van der Waals surface area (Å²) in [6, 6.07) is 0. The van der Waals surface area contributed by atoms with Gasteiger partial charge in [0.2, 0.25) is 0 Å². The van der Waals surface area contributed by atoms with E-state index in [2.05, 4.69) is 10.4 Å². The van der Waals surface area contributed by atoms with Crippen LogP contribution in [0, 0.1) is 6.92 Å². The first-order valence-corrected chi connectivity index (χ1v) is 7.39. The van der Waals surface area contributed by atoms with Crippen molar-refractivity contribution in [2.75, 3.05) is 5.75 Å². The summed E-state index contributed by atoms with van der Waals surface area (Å²) in [4.78, 5) is 4.39. The van der Waals surface area contributed by atoms with E-state index in [1.54, 1.807) is 11.3 Å². The van der Waals surface area contributed by atoms with Crippen molar-refractivity contribution in [1.82, 2.24) is 4.98 Å². The Morgan fingerprint density at radius 2 is 2.47 bits per heavy atom. The summed E-state index contributed by atoms with van der Waals surface area (Å²) < 4.78 is 0. The molecule has 1 aliphatic rings. The van der Waals surface area contributed by atoms with Crippen LogP contribution in [-0.4, -0.2) is 27.2 Å². The SMILES string of the molecule is Cc1nc(CC(O)C2CCCCS2)cs1. The lowest BCUT2D eigenvalue weighted by Crippen LogP contribution is -2.27. The van der Waals surface area contributed by atoms with Crippen molar-refractivity contribution in [3.63, 3.8) is 0 Å². The van der Waals surface area contributed by atoms with Crippen LogP contribution in [0.5, 0.6) is 0 Å². The van der Waals surface area contributed by atoms with Crippen LogP contribution in [-0.2, 0) is 6.42 Å². The molecule has 15 heavy (non-hydrogen) atoms. The number of hydrogen-bond donors (Lipinski definition) is 1. The van der Waals surface area contributed by atoms with Crippen molar-refractivity contribution in [2.24, 2.45) is 0 Å². The Morgan fingerprint density at radius 1 is 1.60 bits per heavy atom. The van der Waals surface area contributed by atoms with Crippen molar-refractivity contribution in [3.8, 4) is 0 Å². The van der Waals surface area contributed by atoms with Crippen LogP contribution in [0.4, 0.5) is 0 Å². The molecule has 2 atom stereocenters. The van der Waals surface area contributed by atoms with Gasteiger partial charge in [0.05, 0.1) is 16.8 Å². The van der Waals surface area contributed by atoms with Crippen molar-refractivity contribution in [3.05, 3.63) is 16.1 Å². The Bertz CT molecular complexity index is 307. The molecule has 2 rings (SSSR count). The highest BCUT2D eigenvalue weighted by molar-refractivity contribution is 8.00. The van der Waals surface area contributed by atoms with Crippen molar-refractivity contribution < 1.29 is 5.11 Å². The summed E-state index contributed by atoms with van der Waals surface area (Å²) in [5.74, 6) is 1.21. The van der Waals surface area contributed by atoms with E-state index in [4.69, 9.17) is 0 Å². The number of aromatic nitrogens is 1. The second-order valence-corrected chi connectivity index (χ2v) is 6.44. The highest BCUT2D eigenvalue weighted by atomic mass is 32.2. The van der Waals surface area contributed by atoms with Crippen LogP contribution in [0.3, 0.4) is 0 Å². The van der Waals surface area contributed by atoms with Crippen LogP contribution < -0.4 is 0 Å². The first-order chi connectivity index (χ1) is 7.25. The highest BCUT2D eigenvalue weighted by Gasteiger charge is 2.22. The average molecular weight is 243 g/mol. The predicted molar refractivity (Wildman–Crippen MR) is 66.7 cm³/mol. The van der Waals surface area contributed by atoms with Gasteiger partial charge < -0.3 is 5.11 Å². The molecule has 0 spiro atoms. The second-order valence-electron chi connectivity index (χ2n) is 4.03. The largest absolute Gasteiger partial charge is 0.392 e. The summed E-state index contributed by atoms with van der Waals surface area (Å²) in [7, 11) is 0. The molecule has 2 unspecified atom stereocenters. The van der Waals surface area contributed by atoms with Crippen molar-refractivity contribution in [1.29, 1.82) is 0 Å². The van der Waals surface area contributed by atoms with Gasteiger partial charge in [-0.05, 0) is 25.5 Å². The van der Waals surface area contributed by atoms with Crippen LogP contribution in [0.15, 0.2) is 5.38 Å². The molecule has 0 saturated carbocycles. The molecule has 0 aliphatic carbocycles. The number of rotatable bonds is 3. The van der Waals surface area contributed by atoms with Gasteiger partial charge in [-0.15, -0.1) is 11.3 Å². The van der Waals surface area contributed by atoms with Gasteiger partial charge in [0.1, 0.15) is 0 Å². The highest BCUT2D eigenvalue weighted by Crippen LogP contribution is 2.28. The lowest BCUT2D eigenvalue weighted by atomic mass is 10.1. The first kappa shape index (κ1) is 11.4. The quantitative estimate of drug-likeness (QED) is 0.886. The Morgan fingerprint density at radius 3 is 3.07 bits per heavy atom. The van der Waals surface area contributed by atoms with Crippen molar-refractivity contribution in [2.45, 2.75) is 44.0 Å². The van der Waals surface area contributed by atoms with Crippen LogP contribution >= 0.6 is 23.1 Å². The van der Waals surface area contributed by atoms with E-state index in [9.17, 15) is 5.11 Å². The molecule has 1 N–H and O–H groups in total. The second kappa shape index (κ2) is 5.32. The zero-order valence-electron chi connectivity index (χ0n) is 8.98. The van der Waals surface area contributed by atoms with Gasteiger partial charge in [0.15, 0.2) is 0 Å². The average Bonchev–Trinajstić information content (AvgIpc) is 2.65. The van der Waals surface area contributed by atoms with Crippen LogP contribution in [0.2, 0.25) is 0 Å². The molecule has 1 fully saturated rings. The van der Waals surface area contributed by atoms with Gasteiger partial charge >= 0.3 is 0 Å². The molecule has 2 nitrogen and oxygen atoms in total. The number of aryl methyl sites for hydroxylation is 1. The standard InChI is InChI=1S/C11H17NOS2/c1-8-12-9(7-15-8)6-10(13)11-4-2-3-5-14-11/h7,10-11,13H,2-6H2,1H3. The predicted octanol–water partition coefficient (Wildman–Crippen LogP) is 2.64. The molecule has 1 saturated heterocycles. The zero-order chi connectivity index (χ0) is 10.7. The fourth-order valence-electron chi connectivity index (χ4n) is 1.92. The molecule has 0 aromatic carbocycles. The summed E-state index contributed by atoms with van der Waals surface area (Å²) in [6.45, 7) is 2.01.